The van der Waals surface area contributed by atoms with Crippen molar-refractivity contribution in [2.45, 2.75) is 51.5 Å². The molecule has 1 aromatic carbocycles. The minimum atomic E-state index is -0.725. The van der Waals surface area contributed by atoms with Crippen LogP contribution in [-0.4, -0.2) is 18.1 Å². The summed E-state index contributed by atoms with van der Waals surface area (Å²) in [6.07, 6.45) is 4.75. The molecule has 0 amide bonds. The lowest BCUT2D eigenvalue weighted by atomic mass is 9.71. The Hall–Kier alpha value is -1.58. The molecular formula is C17H24FNO2. The molecule has 2 rings (SSSR count). The van der Waals surface area contributed by atoms with Crippen molar-refractivity contribution in [2.75, 3.05) is 11.9 Å². The van der Waals surface area contributed by atoms with Gasteiger partial charge in [0.1, 0.15) is 11.4 Å². The van der Waals surface area contributed by atoms with Crippen molar-refractivity contribution < 1.29 is 13.9 Å². The van der Waals surface area contributed by atoms with Crippen LogP contribution in [0.1, 0.15) is 46.0 Å². The van der Waals surface area contributed by atoms with E-state index in [1.54, 1.807) is 12.1 Å². The zero-order valence-corrected chi connectivity index (χ0v) is 12.8. The summed E-state index contributed by atoms with van der Waals surface area (Å²) in [5.41, 5.74) is -0.0834. The first-order valence-corrected chi connectivity index (χ1v) is 7.83. The number of ether oxygens (including phenoxy) is 1. The smallest absolute Gasteiger partial charge is 0.332 e. The van der Waals surface area contributed by atoms with E-state index in [1.807, 2.05) is 6.92 Å². The molecule has 116 valence electrons. The number of carbonyl (C=O) groups is 1. The predicted molar refractivity (Wildman–Crippen MR) is 81.6 cm³/mol. The summed E-state index contributed by atoms with van der Waals surface area (Å²) in [6, 6.07) is 6.29. The number of rotatable bonds is 5. The summed E-state index contributed by atoms with van der Waals surface area (Å²) in [6.45, 7) is 4.27. The number of hydrogen-bond donors (Lipinski definition) is 1. The van der Waals surface area contributed by atoms with Crippen molar-refractivity contribution in [2.24, 2.45) is 5.92 Å². The average molecular weight is 293 g/mol. The molecule has 1 aliphatic rings. The maximum atomic E-state index is 13.4. The van der Waals surface area contributed by atoms with E-state index in [9.17, 15) is 9.18 Å². The molecule has 1 saturated carbocycles. The lowest BCUT2D eigenvalue weighted by Crippen LogP contribution is -2.55. The third-order valence-corrected chi connectivity index (χ3v) is 4.40. The summed E-state index contributed by atoms with van der Waals surface area (Å²) >= 11 is 0. The van der Waals surface area contributed by atoms with Gasteiger partial charge < -0.3 is 10.1 Å². The number of halogens is 1. The molecule has 3 nitrogen and oxygen atoms in total. The minimum Gasteiger partial charge on any atom is -0.464 e. The van der Waals surface area contributed by atoms with Gasteiger partial charge in [-0.15, -0.1) is 0 Å². The largest absolute Gasteiger partial charge is 0.464 e. The second-order valence-electron chi connectivity index (χ2n) is 5.68. The van der Waals surface area contributed by atoms with E-state index in [2.05, 4.69) is 12.2 Å². The fourth-order valence-electron chi connectivity index (χ4n) is 3.37. The summed E-state index contributed by atoms with van der Waals surface area (Å²) in [4.78, 5) is 12.6. The van der Waals surface area contributed by atoms with E-state index in [-0.39, 0.29) is 17.7 Å². The van der Waals surface area contributed by atoms with Crippen LogP contribution < -0.4 is 5.32 Å². The molecule has 0 bridgehead atoms. The third kappa shape index (κ3) is 3.36. The lowest BCUT2D eigenvalue weighted by Gasteiger charge is -2.43. The van der Waals surface area contributed by atoms with Gasteiger partial charge in [-0.3, -0.25) is 0 Å². The Labute approximate surface area is 125 Å². The van der Waals surface area contributed by atoms with Gasteiger partial charge in [0, 0.05) is 5.69 Å². The van der Waals surface area contributed by atoms with Crippen molar-refractivity contribution in [3.8, 4) is 0 Å². The van der Waals surface area contributed by atoms with Crippen molar-refractivity contribution in [3.63, 3.8) is 0 Å². The normalized spacial score (nSPS) is 25.4. The second kappa shape index (κ2) is 6.92. The summed E-state index contributed by atoms with van der Waals surface area (Å²) in [5.74, 6) is -0.294. The molecule has 0 spiro atoms. The van der Waals surface area contributed by atoms with Crippen molar-refractivity contribution in [1.29, 1.82) is 0 Å². The van der Waals surface area contributed by atoms with Crippen LogP contribution >= 0.6 is 0 Å². The molecule has 0 heterocycles. The maximum absolute atomic E-state index is 13.4. The average Bonchev–Trinajstić information content (AvgIpc) is 2.48. The monoisotopic (exact) mass is 293 g/mol. The van der Waals surface area contributed by atoms with Crippen LogP contribution in [-0.2, 0) is 9.53 Å². The van der Waals surface area contributed by atoms with Crippen molar-refractivity contribution >= 4 is 11.7 Å². The van der Waals surface area contributed by atoms with Gasteiger partial charge in [-0.2, -0.15) is 0 Å². The molecular weight excluding hydrogens is 269 g/mol. The van der Waals surface area contributed by atoms with Gasteiger partial charge >= 0.3 is 5.97 Å². The Morgan fingerprint density at radius 1 is 1.43 bits per heavy atom. The first kappa shape index (κ1) is 15.8. The highest BCUT2D eigenvalue weighted by Gasteiger charge is 2.47. The lowest BCUT2D eigenvalue weighted by molar-refractivity contribution is -0.152. The highest BCUT2D eigenvalue weighted by molar-refractivity contribution is 5.85. The van der Waals surface area contributed by atoms with Crippen LogP contribution in [0.2, 0.25) is 0 Å². The number of carbonyl (C=O) groups excluding carboxylic acids is 1. The number of hydrogen-bond acceptors (Lipinski definition) is 3. The van der Waals surface area contributed by atoms with Crippen LogP contribution in [0.5, 0.6) is 0 Å². The summed E-state index contributed by atoms with van der Waals surface area (Å²) < 4.78 is 18.7. The van der Waals surface area contributed by atoms with Gasteiger partial charge in [0.15, 0.2) is 0 Å². The SMILES string of the molecule is CCOC(=O)C1(Nc2cccc(F)c2)CCCCC1CC. The van der Waals surface area contributed by atoms with Crippen molar-refractivity contribution in [1.82, 2.24) is 0 Å². The van der Waals surface area contributed by atoms with E-state index < -0.39 is 5.54 Å². The molecule has 2 unspecified atom stereocenters. The van der Waals surface area contributed by atoms with Gasteiger partial charge in [0.2, 0.25) is 0 Å². The highest BCUT2D eigenvalue weighted by Crippen LogP contribution is 2.39. The zero-order valence-electron chi connectivity index (χ0n) is 12.8. The molecule has 2 atom stereocenters. The molecule has 21 heavy (non-hydrogen) atoms. The molecule has 4 heteroatoms. The summed E-state index contributed by atoms with van der Waals surface area (Å²) in [7, 11) is 0. The highest BCUT2D eigenvalue weighted by atomic mass is 19.1. The summed E-state index contributed by atoms with van der Waals surface area (Å²) in [5, 5.41) is 3.31. The maximum Gasteiger partial charge on any atom is 0.332 e. The van der Waals surface area contributed by atoms with Crippen LogP contribution in [0.4, 0.5) is 10.1 Å². The van der Waals surface area contributed by atoms with Gasteiger partial charge in [-0.1, -0.05) is 32.3 Å². The predicted octanol–water partition coefficient (Wildman–Crippen LogP) is 4.14. The second-order valence-corrected chi connectivity index (χ2v) is 5.68. The van der Waals surface area contributed by atoms with Crippen LogP contribution in [0.3, 0.4) is 0 Å². The molecule has 0 aliphatic heterocycles. The fourth-order valence-corrected chi connectivity index (χ4v) is 3.37. The fraction of sp³-hybridized carbons (Fsp3) is 0.588. The minimum absolute atomic E-state index is 0.208. The molecule has 1 aromatic rings. The van der Waals surface area contributed by atoms with E-state index in [0.717, 1.165) is 32.1 Å². The van der Waals surface area contributed by atoms with Crippen LogP contribution in [0.15, 0.2) is 24.3 Å². The molecule has 0 saturated heterocycles. The van der Waals surface area contributed by atoms with Gasteiger partial charge in [0.25, 0.3) is 0 Å². The van der Waals surface area contributed by atoms with Crippen LogP contribution in [0, 0.1) is 11.7 Å². The number of esters is 1. The molecule has 0 aromatic heterocycles. The quantitative estimate of drug-likeness (QED) is 0.829. The van der Waals surface area contributed by atoms with E-state index >= 15 is 0 Å². The van der Waals surface area contributed by atoms with E-state index in [0.29, 0.717) is 12.3 Å². The Bertz CT molecular complexity index is 491. The Balaban J connectivity index is 2.32. The van der Waals surface area contributed by atoms with Gasteiger partial charge in [0.05, 0.1) is 6.61 Å². The van der Waals surface area contributed by atoms with Crippen LogP contribution in [0.25, 0.3) is 0 Å². The topological polar surface area (TPSA) is 38.3 Å². The Kier molecular flexibility index (Phi) is 5.21. The van der Waals surface area contributed by atoms with Crippen molar-refractivity contribution in [3.05, 3.63) is 30.1 Å². The Morgan fingerprint density at radius 3 is 2.90 bits per heavy atom. The number of nitrogens with one attached hydrogen (secondary N) is 1. The molecule has 1 aliphatic carbocycles. The van der Waals surface area contributed by atoms with E-state index in [4.69, 9.17) is 4.74 Å². The number of benzene rings is 1. The Morgan fingerprint density at radius 2 is 2.24 bits per heavy atom. The number of anilines is 1. The molecule has 0 radical (unpaired) electrons. The third-order valence-electron chi connectivity index (χ3n) is 4.40. The standard InChI is InChI=1S/C17H24FNO2/c1-3-13-8-5-6-11-17(13,16(20)21-4-2)19-15-10-7-9-14(18)12-15/h7,9-10,12-13,19H,3-6,8,11H2,1-2H3. The molecule has 1 N–H and O–H groups in total. The van der Waals surface area contributed by atoms with Gasteiger partial charge in [-0.25, -0.2) is 9.18 Å². The first-order chi connectivity index (χ1) is 10.1. The van der Waals surface area contributed by atoms with E-state index in [1.165, 1.54) is 12.1 Å². The molecule has 1 fully saturated rings. The van der Waals surface area contributed by atoms with Gasteiger partial charge in [-0.05, 0) is 43.9 Å². The first-order valence-electron chi connectivity index (χ1n) is 7.83. The zero-order chi connectivity index (χ0) is 15.3.